The van der Waals surface area contributed by atoms with Crippen LogP contribution in [-0.4, -0.2) is 40.0 Å². The van der Waals surface area contributed by atoms with E-state index < -0.39 is 10.8 Å². The van der Waals surface area contributed by atoms with E-state index in [1.165, 1.54) is 30.5 Å². The average molecular weight is 469 g/mol. The van der Waals surface area contributed by atoms with Crippen molar-refractivity contribution in [3.05, 3.63) is 100 Å². The third kappa shape index (κ3) is 4.71. The van der Waals surface area contributed by atoms with Gasteiger partial charge in [-0.15, -0.1) is 0 Å². The predicted octanol–water partition coefficient (Wildman–Crippen LogP) is 3.98. The molecule has 4 aromatic rings. The maximum Gasteiger partial charge on any atom is 0.271 e. The highest BCUT2D eigenvalue weighted by Crippen LogP contribution is 2.35. The number of nitro benzene ring substituents is 1. The van der Waals surface area contributed by atoms with E-state index in [1.807, 2.05) is 54.7 Å². The highest BCUT2D eigenvalue weighted by atomic mass is 16.6. The van der Waals surface area contributed by atoms with E-state index >= 15 is 0 Å². The summed E-state index contributed by atoms with van der Waals surface area (Å²) in [5.41, 5.74) is 5.57. The molecule has 2 heterocycles. The number of non-ortho nitro benzene ring substituents is 1. The third-order valence-corrected chi connectivity index (χ3v) is 5.29. The quantitative estimate of drug-likeness (QED) is 0.259. The SMILES string of the molecule is O=C(NN=Cc1cn(-c2ccccc2)nc1-c1ccc2c(c1)OCCO2)c1ccc([N+](=O)[O-])cc1. The summed E-state index contributed by atoms with van der Waals surface area (Å²) in [6.07, 6.45) is 3.31. The molecule has 0 aliphatic carbocycles. The normalized spacial score (nSPS) is 12.5. The minimum absolute atomic E-state index is 0.0950. The van der Waals surface area contributed by atoms with Crippen LogP contribution in [0.1, 0.15) is 15.9 Å². The molecule has 0 spiro atoms. The van der Waals surface area contributed by atoms with Crippen LogP contribution in [0.4, 0.5) is 5.69 Å². The molecule has 0 saturated carbocycles. The number of nitrogens with zero attached hydrogens (tertiary/aromatic N) is 4. The Kier molecular flexibility index (Phi) is 5.91. The Balaban J connectivity index is 1.43. The average Bonchev–Trinajstić information content (AvgIpc) is 3.33. The summed E-state index contributed by atoms with van der Waals surface area (Å²) in [6.45, 7) is 0.971. The third-order valence-electron chi connectivity index (χ3n) is 5.29. The number of para-hydroxylation sites is 1. The van der Waals surface area contributed by atoms with Gasteiger partial charge in [-0.05, 0) is 42.5 Å². The van der Waals surface area contributed by atoms with E-state index in [1.54, 1.807) is 4.68 Å². The van der Waals surface area contributed by atoms with Gasteiger partial charge < -0.3 is 9.47 Å². The van der Waals surface area contributed by atoms with Crippen LogP contribution in [0, 0.1) is 10.1 Å². The number of rotatable bonds is 6. The van der Waals surface area contributed by atoms with Crippen LogP contribution in [0.15, 0.2) is 84.1 Å². The molecule has 0 atom stereocenters. The van der Waals surface area contributed by atoms with Crippen LogP contribution in [-0.2, 0) is 0 Å². The first-order valence-electron chi connectivity index (χ1n) is 10.7. The van der Waals surface area contributed by atoms with E-state index in [2.05, 4.69) is 10.5 Å². The standard InChI is InChI=1S/C25H19N5O5/c31-25(17-6-9-21(10-7-17)30(32)33)27-26-15-19-16-29(20-4-2-1-3-5-20)28-24(19)18-8-11-22-23(14-18)35-13-12-34-22/h1-11,14-16H,12-13H2,(H,27,31). The van der Waals surface area contributed by atoms with E-state index in [9.17, 15) is 14.9 Å². The van der Waals surface area contributed by atoms with Crippen molar-refractivity contribution in [1.82, 2.24) is 15.2 Å². The molecule has 10 heteroatoms. The number of hydrazone groups is 1. The van der Waals surface area contributed by atoms with Gasteiger partial charge in [0.15, 0.2) is 11.5 Å². The number of carbonyl (C=O) groups excluding carboxylic acids is 1. The van der Waals surface area contributed by atoms with Crippen molar-refractivity contribution in [3.8, 4) is 28.4 Å². The summed E-state index contributed by atoms with van der Waals surface area (Å²) in [7, 11) is 0. The maximum absolute atomic E-state index is 12.4. The second-order valence-corrected chi connectivity index (χ2v) is 7.57. The summed E-state index contributed by atoms with van der Waals surface area (Å²) in [5.74, 6) is 0.818. The Morgan fingerprint density at radius 1 is 1.03 bits per heavy atom. The van der Waals surface area contributed by atoms with Crippen LogP contribution >= 0.6 is 0 Å². The van der Waals surface area contributed by atoms with Crippen molar-refractivity contribution >= 4 is 17.8 Å². The first kappa shape index (κ1) is 21.8. The summed E-state index contributed by atoms with van der Waals surface area (Å²) >= 11 is 0. The van der Waals surface area contributed by atoms with E-state index in [0.717, 1.165) is 11.3 Å². The van der Waals surface area contributed by atoms with Crippen molar-refractivity contribution < 1.29 is 19.2 Å². The van der Waals surface area contributed by atoms with Gasteiger partial charge in [-0.3, -0.25) is 14.9 Å². The molecular formula is C25H19N5O5. The van der Waals surface area contributed by atoms with E-state index in [4.69, 9.17) is 14.6 Å². The molecule has 35 heavy (non-hydrogen) atoms. The second kappa shape index (κ2) is 9.48. The Bertz CT molecular complexity index is 1410. The highest BCUT2D eigenvalue weighted by Gasteiger charge is 2.17. The molecule has 3 aromatic carbocycles. The summed E-state index contributed by atoms with van der Waals surface area (Å²) in [5, 5.41) is 19.6. The minimum Gasteiger partial charge on any atom is -0.486 e. The number of amides is 1. The monoisotopic (exact) mass is 469 g/mol. The van der Waals surface area contributed by atoms with Crippen molar-refractivity contribution in [2.45, 2.75) is 0 Å². The number of hydrogen-bond acceptors (Lipinski definition) is 7. The lowest BCUT2D eigenvalue weighted by molar-refractivity contribution is -0.384. The second-order valence-electron chi connectivity index (χ2n) is 7.57. The van der Waals surface area contributed by atoms with Crippen LogP contribution in [0.3, 0.4) is 0 Å². The summed E-state index contributed by atoms with van der Waals surface area (Å²) in [6, 6.07) is 20.5. The predicted molar refractivity (Wildman–Crippen MR) is 128 cm³/mol. The molecule has 0 fully saturated rings. The molecule has 1 amide bonds. The van der Waals surface area contributed by atoms with Gasteiger partial charge >= 0.3 is 0 Å². The Hall–Kier alpha value is -4.99. The minimum atomic E-state index is -0.524. The van der Waals surface area contributed by atoms with Crippen LogP contribution in [0.2, 0.25) is 0 Å². The van der Waals surface area contributed by atoms with Crippen molar-refractivity contribution in [3.63, 3.8) is 0 Å². The fourth-order valence-electron chi connectivity index (χ4n) is 3.57. The number of benzene rings is 3. The van der Waals surface area contributed by atoms with Gasteiger partial charge in [0, 0.05) is 35.0 Å². The number of fused-ring (bicyclic) bond motifs is 1. The molecule has 10 nitrogen and oxygen atoms in total. The molecule has 1 N–H and O–H groups in total. The molecule has 1 aliphatic rings. The van der Waals surface area contributed by atoms with E-state index in [0.29, 0.717) is 36.0 Å². The molecule has 0 saturated heterocycles. The zero-order chi connectivity index (χ0) is 24.2. The van der Waals surface area contributed by atoms with Gasteiger partial charge in [-0.2, -0.15) is 10.2 Å². The summed E-state index contributed by atoms with van der Waals surface area (Å²) in [4.78, 5) is 22.7. The fraction of sp³-hybridized carbons (Fsp3) is 0.0800. The lowest BCUT2D eigenvalue weighted by atomic mass is 10.1. The Labute approximate surface area is 199 Å². The molecule has 5 rings (SSSR count). The van der Waals surface area contributed by atoms with Gasteiger partial charge in [0.1, 0.15) is 18.9 Å². The van der Waals surface area contributed by atoms with Crippen LogP contribution in [0.5, 0.6) is 11.5 Å². The molecule has 0 radical (unpaired) electrons. The first-order valence-corrected chi connectivity index (χ1v) is 10.7. The van der Waals surface area contributed by atoms with Crippen LogP contribution in [0.25, 0.3) is 16.9 Å². The summed E-state index contributed by atoms with van der Waals surface area (Å²) < 4.78 is 13.0. The van der Waals surface area contributed by atoms with Crippen LogP contribution < -0.4 is 14.9 Å². The molecule has 0 bridgehead atoms. The van der Waals surface area contributed by atoms with E-state index in [-0.39, 0.29) is 11.3 Å². The maximum atomic E-state index is 12.4. The van der Waals surface area contributed by atoms with Crippen molar-refractivity contribution in [2.24, 2.45) is 5.10 Å². The lowest BCUT2D eigenvalue weighted by Gasteiger charge is -2.18. The Morgan fingerprint density at radius 2 is 1.77 bits per heavy atom. The van der Waals surface area contributed by atoms with Gasteiger partial charge in [0.05, 0.1) is 16.8 Å². The molecule has 0 unspecified atom stereocenters. The fourth-order valence-corrected chi connectivity index (χ4v) is 3.57. The molecular weight excluding hydrogens is 450 g/mol. The molecule has 174 valence electrons. The molecule has 1 aromatic heterocycles. The highest BCUT2D eigenvalue weighted by molar-refractivity contribution is 5.96. The van der Waals surface area contributed by atoms with Crippen molar-refractivity contribution in [2.75, 3.05) is 13.2 Å². The number of nitrogens with one attached hydrogen (secondary N) is 1. The number of nitro groups is 1. The number of carbonyl (C=O) groups is 1. The zero-order valence-electron chi connectivity index (χ0n) is 18.3. The zero-order valence-corrected chi connectivity index (χ0v) is 18.3. The largest absolute Gasteiger partial charge is 0.486 e. The smallest absolute Gasteiger partial charge is 0.271 e. The first-order chi connectivity index (χ1) is 17.1. The van der Waals surface area contributed by atoms with Crippen molar-refractivity contribution in [1.29, 1.82) is 0 Å². The lowest BCUT2D eigenvalue weighted by Crippen LogP contribution is -2.17. The van der Waals surface area contributed by atoms with Gasteiger partial charge in [-0.1, -0.05) is 18.2 Å². The van der Waals surface area contributed by atoms with Gasteiger partial charge in [0.25, 0.3) is 11.6 Å². The number of hydrogen-bond donors (Lipinski definition) is 1. The topological polar surface area (TPSA) is 121 Å². The number of ether oxygens (including phenoxy) is 2. The van der Waals surface area contributed by atoms with Gasteiger partial charge in [0.2, 0.25) is 0 Å². The number of aromatic nitrogens is 2. The molecule has 1 aliphatic heterocycles. The Morgan fingerprint density at radius 3 is 2.51 bits per heavy atom. The van der Waals surface area contributed by atoms with Gasteiger partial charge in [-0.25, -0.2) is 10.1 Å².